The lowest BCUT2D eigenvalue weighted by Crippen LogP contribution is -1.98. The van der Waals surface area contributed by atoms with Crippen molar-refractivity contribution in [1.29, 1.82) is 0 Å². The van der Waals surface area contributed by atoms with Crippen molar-refractivity contribution in [3.63, 3.8) is 0 Å². The molecule has 0 N–H and O–H groups in total. The number of hydrogen-bond acceptors (Lipinski definition) is 2. The van der Waals surface area contributed by atoms with Gasteiger partial charge in [0, 0.05) is 22.8 Å². The Morgan fingerprint density at radius 2 is 1.93 bits per heavy atom. The van der Waals surface area contributed by atoms with Gasteiger partial charge in [-0.15, -0.1) is 0 Å². The van der Waals surface area contributed by atoms with E-state index in [1.165, 1.54) is 5.56 Å². The van der Waals surface area contributed by atoms with E-state index in [0.717, 1.165) is 23.3 Å². The smallest absolute Gasteiger partial charge is 0.123 e. The van der Waals surface area contributed by atoms with E-state index in [9.17, 15) is 4.21 Å². The molecule has 1 aromatic carbocycles. The molecule has 0 aliphatic carbocycles. The van der Waals surface area contributed by atoms with Crippen LogP contribution in [0.15, 0.2) is 46.2 Å². The van der Waals surface area contributed by atoms with Crippen LogP contribution in [-0.2, 0) is 17.2 Å². The van der Waals surface area contributed by atoms with Gasteiger partial charge in [0.2, 0.25) is 0 Å². The van der Waals surface area contributed by atoms with Crippen molar-refractivity contribution in [3.05, 3.63) is 51.8 Å². The third kappa shape index (κ3) is 1.53. The summed E-state index contributed by atoms with van der Waals surface area (Å²) in [7, 11) is -0.931. The third-order valence-corrected chi connectivity index (χ3v) is 3.70. The second kappa shape index (κ2) is 3.35. The van der Waals surface area contributed by atoms with Crippen molar-refractivity contribution in [2.24, 2.45) is 0 Å². The zero-order valence-corrected chi connectivity index (χ0v) is 8.92. The first kappa shape index (κ1) is 8.92. The summed E-state index contributed by atoms with van der Waals surface area (Å²) in [5, 5.41) is 3.60. The van der Waals surface area contributed by atoms with Crippen LogP contribution in [0.2, 0.25) is 0 Å². The zero-order valence-electron chi connectivity index (χ0n) is 8.10. The standard InChI is InChI=1S/C12H10O2S/c13-15-7-10-5-9-3-1-2-4-12(9)14-6-11(10)8-15/h1-4,7-8H,5-6H2. The summed E-state index contributed by atoms with van der Waals surface area (Å²) in [6.07, 6.45) is 0.827. The minimum Gasteiger partial charge on any atom is -0.489 e. The summed E-state index contributed by atoms with van der Waals surface area (Å²) in [6.45, 7) is 0.536. The molecule has 76 valence electrons. The largest absolute Gasteiger partial charge is 0.489 e. The fraction of sp³-hybridized carbons (Fsp3) is 0.167. The summed E-state index contributed by atoms with van der Waals surface area (Å²) in [5.74, 6) is 0.944. The lowest BCUT2D eigenvalue weighted by molar-refractivity contribution is 0.356. The number of hydrogen-bond donors (Lipinski definition) is 0. The molecule has 2 aliphatic rings. The molecule has 1 unspecified atom stereocenters. The molecule has 0 bridgehead atoms. The molecule has 0 radical (unpaired) electrons. The molecule has 0 fully saturated rings. The molecule has 0 saturated carbocycles. The van der Waals surface area contributed by atoms with Gasteiger partial charge < -0.3 is 4.74 Å². The molecule has 0 amide bonds. The number of ether oxygens (including phenoxy) is 1. The highest BCUT2D eigenvalue weighted by molar-refractivity contribution is 7.91. The predicted molar refractivity (Wildman–Crippen MR) is 59.9 cm³/mol. The Hall–Kier alpha value is -1.35. The van der Waals surface area contributed by atoms with Gasteiger partial charge in [-0.25, -0.2) is 0 Å². The van der Waals surface area contributed by atoms with Gasteiger partial charge in [0.25, 0.3) is 0 Å². The van der Waals surface area contributed by atoms with Crippen LogP contribution in [-0.4, -0.2) is 10.8 Å². The van der Waals surface area contributed by atoms with E-state index in [1.807, 2.05) is 23.6 Å². The molecular weight excluding hydrogens is 208 g/mol. The van der Waals surface area contributed by atoms with Crippen molar-refractivity contribution in [2.75, 3.05) is 6.61 Å². The van der Waals surface area contributed by atoms with Crippen LogP contribution in [0.3, 0.4) is 0 Å². The van der Waals surface area contributed by atoms with Gasteiger partial charge in [-0.1, -0.05) is 18.2 Å². The molecular formula is C12H10O2S. The van der Waals surface area contributed by atoms with Gasteiger partial charge in [-0.2, -0.15) is 0 Å². The monoisotopic (exact) mass is 218 g/mol. The zero-order chi connectivity index (χ0) is 10.3. The highest BCUT2D eigenvalue weighted by Crippen LogP contribution is 2.31. The second-order valence-corrected chi connectivity index (χ2v) is 4.82. The quantitative estimate of drug-likeness (QED) is 0.667. The second-order valence-electron chi connectivity index (χ2n) is 3.69. The van der Waals surface area contributed by atoms with E-state index >= 15 is 0 Å². The highest BCUT2D eigenvalue weighted by Gasteiger charge is 2.20. The average molecular weight is 218 g/mol. The highest BCUT2D eigenvalue weighted by atomic mass is 32.2. The van der Waals surface area contributed by atoms with E-state index in [4.69, 9.17) is 4.74 Å². The molecule has 2 nitrogen and oxygen atoms in total. The van der Waals surface area contributed by atoms with E-state index < -0.39 is 10.8 Å². The Kier molecular flexibility index (Phi) is 1.99. The number of benzene rings is 1. The molecule has 2 heterocycles. The van der Waals surface area contributed by atoms with Gasteiger partial charge in [0.15, 0.2) is 0 Å². The summed E-state index contributed by atoms with van der Waals surface area (Å²) < 4.78 is 17.0. The lowest BCUT2D eigenvalue weighted by atomic mass is 10.0. The molecule has 3 heteroatoms. The van der Waals surface area contributed by atoms with Crippen molar-refractivity contribution in [3.8, 4) is 5.75 Å². The van der Waals surface area contributed by atoms with E-state index in [2.05, 4.69) is 6.07 Å². The van der Waals surface area contributed by atoms with Crippen molar-refractivity contribution in [1.82, 2.24) is 0 Å². The molecule has 1 aromatic rings. The van der Waals surface area contributed by atoms with E-state index in [1.54, 1.807) is 5.41 Å². The summed E-state index contributed by atoms with van der Waals surface area (Å²) in [6, 6.07) is 8.01. The van der Waals surface area contributed by atoms with Crippen LogP contribution in [0.25, 0.3) is 0 Å². The van der Waals surface area contributed by atoms with Gasteiger partial charge in [-0.3, -0.25) is 4.21 Å². The minimum atomic E-state index is -0.931. The topological polar surface area (TPSA) is 26.3 Å². The van der Waals surface area contributed by atoms with Crippen molar-refractivity contribution in [2.45, 2.75) is 6.42 Å². The van der Waals surface area contributed by atoms with Crippen LogP contribution in [0.5, 0.6) is 5.75 Å². The van der Waals surface area contributed by atoms with Gasteiger partial charge >= 0.3 is 0 Å². The maximum absolute atomic E-state index is 11.3. The minimum absolute atomic E-state index is 0.536. The Morgan fingerprint density at radius 3 is 2.87 bits per heavy atom. The van der Waals surface area contributed by atoms with Crippen molar-refractivity contribution < 1.29 is 8.95 Å². The first-order valence-electron chi connectivity index (χ1n) is 4.85. The maximum Gasteiger partial charge on any atom is 0.123 e. The maximum atomic E-state index is 11.3. The Balaban J connectivity index is 2.06. The normalized spacial score (nSPS) is 23.1. The molecule has 1 atom stereocenters. The number of rotatable bonds is 0. The molecule has 15 heavy (non-hydrogen) atoms. The average Bonchev–Trinajstić information content (AvgIpc) is 2.49. The van der Waals surface area contributed by atoms with Gasteiger partial charge in [-0.05, 0) is 17.2 Å². The summed E-state index contributed by atoms with van der Waals surface area (Å²) in [5.41, 5.74) is 3.40. The predicted octanol–water partition coefficient (Wildman–Crippen LogP) is 2.15. The van der Waals surface area contributed by atoms with Crippen LogP contribution in [0.4, 0.5) is 0 Å². The first-order valence-corrected chi connectivity index (χ1v) is 6.12. The van der Waals surface area contributed by atoms with Gasteiger partial charge in [0.05, 0.1) is 10.8 Å². The molecule has 3 rings (SSSR count). The Bertz CT molecular complexity index is 500. The number of para-hydroxylation sites is 1. The van der Waals surface area contributed by atoms with Crippen LogP contribution in [0, 0.1) is 0 Å². The fourth-order valence-corrected chi connectivity index (χ4v) is 2.98. The SMILES string of the molecule is O=S1C=C2COc3ccccc3CC2=C1. The van der Waals surface area contributed by atoms with Gasteiger partial charge in [0.1, 0.15) is 12.4 Å². The Labute approximate surface area is 90.7 Å². The fourth-order valence-electron chi connectivity index (χ4n) is 1.90. The molecule has 0 aromatic heterocycles. The van der Waals surface area contributed by atoms with E-state index in [0.29, 0.717) is 6.61 Å². The van der Waals surface area contributed by atoms with E-state index in [-0.39, 0.29) is 0 Å². The van der Waals surface area contributed by atoms with Crippen LogP contribution in [0.1, 0.15) is 5.56 Å². The molecule has 0 saturated heterocycles. The van der Waals surface area contributed by atoms with Crippen LogP contribution >= 0.6 is 0 Å². The van der Waals surface area contributed by atoms with Crippen molar-refractivity contribution >= 4 is 10.8 Å². The molecule has 2 aliphatic heterocycles. The van der Waals surface area contributed by atoms with Crippen LogP contribution < -0.4 is 4.74 Å². The Morgan fingerprint density at radius 1 is 1.13 bits per heavy atom. The molecule has 0 spiro atoms. The summed E-state index contributed by atoms with van der Waals surface area (Å²) >= 11 is 0. The summed E-state index contributed by atoms with van der Waals surface area (Å²) in [4.78, 5) is 0. The third-order valence-electron chi connectivity index (χ3n) is 2.67. The number of fused-ring (bicyclic) bond motifs is 2. The first-order chi connectivity index (χ1) is 7.33. The lowest BCUT2D eigenvalue weighted by Gasteiger charge is -2.04.